The van der Waals surface area contributed by atoms with Crippen molar-refractivity contribution in [2.24, 2.45) is 0 Å². The molecule has 2 N–H and O–H groups in total. The van der Waals surface area contributed by atoms with Crippen molar-refractivity contribution in [1.29, 1.82) is 0 Å². The molecular weight excluding hydrogens is 282 g/mol. The van der Waals surface area contributed by atoms with E-state index in [1.54, 1.807) is 20.2 Å². The lowest BCUT2D eigenvalue weighted by Crippen LogP contribution is -2.25. The van der Waals surface area contributed by atoms with Crippen LogP contribution in [0.1, 0.15) is 16.8 Å². The Bertz CT molecular complexity index is 429. The maximum atomic E-state index is 11.8. The van der Waals surface area contributed by atoms with Crippen LogP contribution in [0.25, 0.3) is 0 Å². The maximum Gasteiger partial charge on any atom is 0.252 e. The molecule has 0 aliphatic heterocycles. The number of nitrogens with one attached hydrogen (secondary N) is 2. The van der Waals surface area contributed by atoms with Crippen molar-refractivity contribution < 1.29 is 14.3 Å². The topological polar surface area (TPSA) is 72.5 Å². The average molecular weight is 302 g/mol. The molecule has 0 fully saturated rings. The van der Waals surface area contributed by atoms with Gasteiger partial charge in [0.25, 0.3) is 5.91 Å². The van der Waals surface area contributed by atoms with Gasteiger partial charge < -0.3 is 20.1 Å². The van der Waals surface area contributed by atoms with E-state index in [0.717, 1.165) is 6.42 Å². The largest absolute Gasteiger partial charge is 0.382 e. The van der Waals surface area contributed by atoms with Crippen LogP contribution in [0.5, 0.6) is 0 Å². The summed E-state index contributed by atoms with van der Waals surface area (Å²) in [4.78, 5) is 15.9. The van der Waals surface area contributed by atoms with E-state index in [1.165, 1.54) is 6.20 Å². The zero-order chi connectivity index (χ0) is 14.8. The molecule has 0 aliphatic carbocycles. The Kier molecular flexibility index (Phi) is 7.94. The second-order valence-electron chi connectivity index (χ2n) is 4.02. The molecule has 20 heavy (non-hydrogen) atoms. The van der Waals surface area contributed by atoms with Crippen LogP contribution < -0.4 is 10.6 Å². The number of halogens is 1. The lowest BCUT2D eigenvalue weighted by Gasteiger charge is -2.07. The van der Waals surface area contributed by atoms with E-state index >= 15 is 0 Å². The average Bonchev–Trinajstić information content (AvgIpc) is 2.46. The van der Waals surface area contributed by atoms with Crippen LogP contribution in [-0.2, 0) is 9.47 Å². The SMILES string of the molecule is CNc1ncc(C(=O)NCCCOCCOC)cc1Cl. The van der Waals surface area contributed by atoms with Gasteiger partial charge >= 0.3 is 0 Å². The van der Waals surface area contributed by atoms with Gasteiger partial charge in [-0.25, -0.2) is 4.98 Å². The number of hydrogen-bond acceptors (Lipinski definition) is 5. The number of carbonyl (C=O) groups excluding carboxylic acids is 1. The minimum atomic E-state index is -0.195. The number of aromatic nitrogens is 1. The van der Waals surface area contributed by atoms with Crippen LogP contribution in [-0.4, -0.2) is 51.4 Å². The Morgan fingerprint density at radius 1 is 1.40 bits per heavy atom. The van der Waals surface area contributed by atoms with Gasteiger partial charge in [0.2, 0.25) is 0 Å². The third-order valence-electron chi connectivity index (χ3n) is 2.52. The number of anilines is 1. The molecule has 0 aliphatic rings. The van der Waals surface area contributed by atoms with Crippen molar-refractivity contribution in [3.63, 3.8) is 0 Å². The predicted molar refractivity (Wildman–Crippen MR) is 78.4 cm³/mol. The fourth-order valence-electron chi connectivity index (χ4n) is 1.47. The van der Waals surface area contributed by atoms with Gasteiger partial charge in [-0.1, -0.05) is 11.6 Å². The van der Waals surface area contributed by atoms with E-state index in [4.69, 9.17) is 21.1 Å². The summed E-state index contributed by atoms with van der Waals surface area (Å²) in [5.41, 5.74) is 0.439. The summed E-state index contributed by atoms with van der Waals surface area (Å²) in [5.74, 6) is 0.355. The second-order valence-corrected chi connectivity index (χ2v) is 4.43. The highest BCUT2D eigenvalue weighted by Gasteiger charge is 2.08. The van der Waals surface area contributed by atoms with Gasteiger partial charge in [-0.2, -0.15) is 0 Å². The summed E-state index contributed by atoms with van der Waals surface area (Å²) < 4.78 is 10.1. The first-order chi connectivity index (χ1) is 9.69. The van der Waals surface area contributed by atoms with Gasteiger partial charge in [0.1, 0.15) is 5.82 Å². The third kappa shape index (κ3) is 5.73. The minimum Gasteiger partial charge on any atom is -0.382 e. The van der Waals surface area contributed by atoms with E-state index in [-0.39, 0.29) is 5.91 Å². The van der Waals surface area contributed by atoms with Gasteiger partial charge in [-0.15, -0.1) is 0 Å². The molecule has 7 heteroatoms. The number of nitrogens with zero attached hydrogens (tertiary/aromatic N) is 1. The van der Waals surface area contributed by atoms with Crippen LogP contribution in [0.3, 0.4) is 0 Å². The number of methoxy groups -OCH3 is 1. The number of ether oxygens (including phenoxy) is 2. The van der Waals surface area contributed by atoms with Gasteiger partial charge in [0, 0.05) is 33.5 Å². The highest BCUT2D eigenvalue weighted by Crippen LogP contribution is 2.19. The van der Waals surface area contributed by atoms with Crippen molar-refractivity contribution in [1.82, 2.24) is 10.3 Å². The Balaban J connectivity index is 2.27. The molecule has 1 heterocycles. The van der Waals surface area contributed by atoms with Crippen molar-refractivity contribution >= 4 is 23.3 Å². The van der Waals surface area contributed by atoms with Crippen LogP contribution >= 0.6 is 11.6 Å². The summed E-state index contributed by atoms with van der Waals surface area (Å²) in [6, 6.07) is 1.59. The molecule has 0 radical (unpaired) electrons. The lowest BCUT2D eigenvalue weighted by atomic mass is 10.2. The van der Waals surface area contributed by atoms with Crippen molar-refractivity contribution in [3.05, 3.63) is 22.8 Å². The first-order valence-electron chi connectivity index (χ1n) is 6.37. The molecule has 0 saturated heterocycles. The quantitative estimate of drug-likeness (QED) is 0.677. The third-order valence-corrected chi connectivity index (χ3v) is 2.81. The number of hydrogen-bond donors (Lipinski definition) is 2. The van der Waals surface area contributed by atoms with E-state index in [1.807, 2.05) is 0 Å². The Morgan fingerprint density at radius 2 is 2.20 bits per heavy atom. The van der Waals surface area contributed by atoms with Crippen LogP contribution in [0.2, 0.25) is 5.02 Å². The minimum absolute atomic E-state index is 0.195. The Morgan fingerprint density at radius 3 is 2.85 bits per heavy atom. The summed E-state index contributed by atoms with van der Waals surface area (Å²) in [6.45, 7) is 2.27. The van der Waals surface area contributed by atoms with Crippen LogP contribution in [0, 0.1) is 0 Å². The van der Waals surface area contributed by atoms with Crippen molar-refractivity contribution in [3.8, 4) is 0 Å². The Hall–Kier alpha value is -1.37. The molecule has 1 aromatic heterocycles. The van der Waals surface area contributed by atoms with E-state index in [9.17, 15) is 4.79 Å². The lowest BCUT2D eigenvalue weighted by molar-refractivity contribution is 0.0688. The number of carbonyl (C=O) groups is 1. The summed E-state index contributed by atoms with van der Waals surface area (Å²) in [6.07, 6.45) is 2.23. The standard InChI is InChI=1S/C13H20ClN3O3/c1-15-12-11(14)8-10(9-17-12)13(18)16-4-3-5-20-7-6-19-2/h8-9H,3-7H2,1-2H3,(H,15,17)(H,16,18). The molecule has 0 aromatic carbocycles. The monoisotopic (exact) mass is 301 g/mol. The summed E-state index contributed by atoms with van der Waals surface area (Å²) in [5, 5.41) is 6.04. The molecule has 6 nitrogen and oxygen atoms in total. The zero-order valence-electron chi connectivity index (χ0n) is 11.7. The molecule has 1 amide bonds. The first kappa shape index (κ1) is 16.7. The molecule has 0 bridgehead atoms. The smallest absolute Gasteiger partial charge is 0.252 e. The Labute approximate surface area is 123 Å². The molecule has 1 aromatic rings. The van der Waals surface area contributed by atoms with E-state index in [2.05, 4.69) is 15.6 Å². The molecule has 0 atom stereocenters. The van der Waals surface area contributed by atoms with Crippen LogP contribution in [0.15, 0.2) is 12.3 Å². The van der Waals surface area contributed by atoms with Crippen molar-refractivity contribution in [2.75, 3.05) is 45.8 Å². The summed E-state index contributed by atoms with van der Waals surface area (Å²) >= 11 is 5.97. The van der Waals surface area contributed by atoms with Crippen LogP contribution in [0.4, 0.5) is 5.82 Å². The molecule has 112 valence electrons. The van der Waals surface area contributed by atoms with Gasteiger partial charge in [-0.05, 0) is 12.5 Å². The first-order valence-corrected chi connectivity index (χ1v) is 6.75. The fraction of sp³-hybridized carbons (Fsp3) is 0.538. The number of pyridine rings is 1. The molecule has 1 rings (SSSR count). The predicted octanol–water partition coefficient (Wildman–Crippen LogP) is 1.56. The zero-order valence-corrected chi connectivity index (χ0v) is 12.5. The van der Waals surface area contributed by atoms with E-state index in [0.29, 0.717) is 42.8 Å². The molecule has 0 unspecified atom stereocenters. The number of rotatable bonds is 9. The fourth-order valence-corrected chi connectivity index (χ4v) is 1.73. The van der Waals surface area contributed by atoms with Crippen molar-refractivity contribution in [2.45, 2.75) is 6.42 Å². The highest BCUT2D eigenvalue weighted by molar-refractivity contribution is 6.33. The van der Waals surface area contributed by atoms with Gasteiger partial charge in [0.15, 0.2) is 0 Å². The molecular formula is C13H20ClN3O3. The maximum absolute atomic E-state index is 11.8. The molecule has 0 saturated carbocycles. The summed E-state index contributed by atoms with van der Waals surface area (Å²) in [7, 11) is 3.35. The highest BCUT2D eigenvalue weighted by atomic mass is 35.5. The normalized spacial score (nSPS) is 10.3. The van der Waals surface area contributed by atoms with Gasteiger partial charge in [0.05, 0.1) is 23.8 Å². The second kappa shape index (κ2) is 9.52. The molecule has 0 spiro atoms. The number of amides is 1. The van der Waals surface area contributed by atoms with Gasteiger partial charge in [-0.3, -0.25) is 4.79 Å². The van der Waals surface area contributed by atoms with E-state index < -0.39 is 0 Å².